The Morgan fingerprint density at radius 3 is 2.38 bits per heavy atom. The summed E-state index contributed by atoms with van der Waals surface area (Å²) in [6, 6.07) is 19.6. The smallest absolute Gasteiger partial charge is 0.247 e. The van der Waals surface area contributed by atoms with Gasteiger partial charge >= 0.3 is 0 Å². The van der Waals surface area contributed by atoms with Crippen molar-refractivity contribution in [1.82, 2.24) is 15.5 Å². The lowest BCUT2D eigenvalue weighted by molar-refractivity contribution is -0.121. The van der Waals surface area contributed by atoms with E-state index in [0.717, 1.165) is 17.5 Å². The monoisotopic (exact) mass is 321 g/mol. The summed E-state index contributed by atoms with van der Waals surface area (Å²) in [5, 5.41) is 10.9. The second-order valence-corrected chi connectivity index (χ2v) is 5.45. The van der Waals surface area contributed by atoms with Gasteiger partial charge in [0.2, 0.25) is 17.7 Å². The fourth-order valence-electron chi connectivity index (χ4n) is 2.35. The molecule has 0 saturated carbocycles. The van der Waals surface area contributed by atoms with Crippen LogP contribution in [0.25, 0.3) is 11.5 Å². The lowest BCUT2D eigenvalue weighted by atomic mass is 10.1. The fraction of sp³-hybridized carbons (Fsp3) is 0.211. The number of aryl methyl sites for hydroxylation is 1. The van der Waals surface area contributed by atoms with Gasteiger partial charge in [0.1, 0.15) is 0 Å². The Labute approximate surface area is 140 Å². The lowest BCUT2D eigenvalue weighted by Crippen LogP contribution is -2.25. The molecule has 5 heteroatoms. The van der Waals surface area contributed by atoms with Gasteiger partial charge in [-0.15, -0.1) is 10.2 Å². The van der Waals surface area contributed by atoms with Gasteiger partial charge in [-0.05, 0) is 24.1 Å². The van der Waals surface area contributed by atoms with Crippen LogP contribution in [0.5, 0.6) is 0 Å². The molecule has 0 aliphatic carbocycles. The maximum absolute atomic E-state index is 11.9. The minimum atomic E-state index is 0.0293. The van der Waals surface area contributed by atoms with Crippen LogP contribution < -0.4 is 5.32 Å². The number of hydrogen-bond acceptors (Lipinski definition) is 4. The summed E-state index contributed by atoms with van der Waals surface area (Å²) >= 11 is 0. The number of amides is 1. The van der Waals surface area contributed by atoms with Crippen molar-refractivity contribution in [3.63, 3.8) is 0 Å². The molecular formula is C19H19N3O2. The van der Waals surface area contributed by atoms with Gasteiger partial charge in [-0.1, -0.05) is 48.5 Å². The van der Waals surface area contributed by atoms with E-state index in [9.17, 15) is 4.79 Å². The highest BCUT2D eigenvalue weighted by molar-refractivity contribution is 5.76. The summed E-state index contributed by atoms with van der Waals surface area (Å²) in [6.45, 7) is 0.490. The Morgan fingerprint density at radius 1 is 0.917 bits per heavy atom. The van der Waals surface area contributed by atoms with Crippen LogP contribution in [0, 0.1) is 0 Å². The van der Waals surface area contributed by atoms with Crippen molar-refractivity contribution in [3.8, 4) is 11.5 Å². The van der Waals surface area contributed by atoms with Crippen molar-refractivity contribution in [2.24, 2.45) is 0 Å². The summed E-state index contributed by atoms with van der Waals surface area (Å²) < 4.78 is 5.61. The Bertz CT molecular complexity index is 770. The normalized spacial score (nSPS) is 10.5. The Hall–Kier alpha value is -2.95. The SMILES string of the molecule is O=C(CCc1ccccc1)NCCc1nnc(-c2ccccc2)o1. The fourth-order valence-corrected chi connectivity index (χ4v) is 2.35. The first-order chi connectivity index (χ1) is 11.8. The molecule has 1 N–H and O–H groups in total. The average molecular weight is 321 g/mol. The van der Waals surface area contributed by atoms with E-state index < -0.39 is 0 Å². The van der Waals surface area contributed by atoms with Crippen LogP contribution in [0.4, 0.5) is 0 Å². The first kappa shape index (κ1) is 15.9. The maximum atomic E-state index is 11.9. The molecule has 5 nitrogen and oxygen atoms in total. The summed E-state index contributed by atoms with van der Waals surface area (Å²) in [5.41, 5.74) is 2.06. The molecule has 0 fully saturated rings. The standard InChI is InChI=1S/C19H19N3O2/c23-17(12-11-15-7-3-1-4-8-15)20-14-13-18-21-22-19(24-18)16-9-5-2-6-10-16/h1-10H,11-14H2,(H,20,23). The summed E-state index contributed by atoms with van der Waals surface area (Å²) in [5.74, 6) is 1.06. The van der Waals surface area contributed by atoms with Crippen LogP contribution in [0.15, 0.2) is 65.1 Å². The zero-order chi connectivity index (χ0) is 16.6. The van der Waals surface area contributed by atoms with E-state index in [-0.39, 0.29) is 5.91 Å². The zero-order valence-corrected chi connectivity index (χ0v) is 13.3. The van der Waals surface area contributed by atoms with E-state index in [4.69, 9.17) is 4.42 Å². The highest BCUT2D eigenvalue weighted by atomic mass is 16.4. The largest absolute Gasteiger partial charge is 0.421 e. The van der Waals surface area contributed by atoms with E-state index >= 15 is 0 Å². The Kier molecular flexibility index (Phi) is 5.35. The predicted octanol–water partition coefficient (Wildman–Crippen LogP) is 3.03. The van der Waals surface area contributed by atoms with Gasteiger partial charge in [-0.3, -0.25) is 4.79 Å². The third kappa shape index (κ3) is 4.52. The van der Waals surface area contributed by atoms with Crippen molar-refractivity contribution < 1.29 is 9.21 Å². The van der Waals surface area contributed by atoms with Gasteiger partial charge in [0.15, 0.2) is 0 Å². The van der Waals surface area contributed by atoms with E-state index in [2.05, 4.69) is 15.5 Å². The third-order valence-electron chi connectivity index (χ3n) is 3.63. The highest BCUT2D eigenvalue weighted by Crippen LogP contribution is 2.16. The lowest BCUT2D eigenvalue weighted by Gasteiger charge is -2.03. The summed E-state index contributed by atoms with van der Waals surface area (Å²) in [6.07, 6.45) is 1.74. The molecule has 0 atom stereocenters. The van der Waals surface area contributed by atoms with E-state index in [1.165, 1.54) is 0 Å². The molecule has 0 unspecified atom stereocenters. The van der Waals surface area contributed by atoms with Crippen LogP contribution in [0.3, 0.4) is 0 Å². The van der Waals surface area contributed by atoms with Gasteiger partial charge in [0, 0.05) is 24.9 Å². The molecule has 1 aromatic heterocycles. The van der Waals surface area contributed by atoms with E-state index in [0.29, 0.717) is 31.2 Å². The number of aromatic nitrogens is 2. The van der Waals surface area contributed by atoms with Gasteiger partial charge < -0.3 is 9.73 Å². The molecule has 2 aromatic carbocycles. The number of nitrogens with zero attached hydrogens (tertiary/aromatic N) is 2. The van der Waals surface area contributed by atoms with Gasteiger partial charge in [0.25, 0.3) is 0 Å². The number of carbonyl (C=O) groups is 1. The van der Waals surface area contributed by atoms with Crippen molar-refractivity contribution in [1.29, 1.82) is 0 Å². The molecule has 0 bridgehead atoms. The molecule has 1 heterocycles. The maximum Gasteiger partial charge on any atom is 0.247 e. The first-order valence-corrected chi connectivity index (χ1v) is 8.00. The molecule has 24 heavy (non-hydrogen) atoms. The molecular weight excluding hydrogens is 302 g/mol. The number of carbonyl (C=O) groups excluding carboxylic acids is 1. The molecule has 0 aliphatic heterocycles. The topological polar surface area (TPSA) is 68.0 Å². The Morgan fingerprint density at radius 2 is 1.62 bits per heavy atom. The quantitative estimate of drug-likeness (QED) is 0.726. The van der Waals surface area contributed by atoms with E-state index in [1.807, 2.05) is 60.7 Å². The summed E-state index contributed by atoms with van der Waals surface area (Å²) in [7, 11) is 0. The molecule has 3 aromatic rings. The molecule has 3 rings (SSSR count). The molecule has 0 radical (unpaired) electrons. The molecule has 0 aliphatic rings. The third-order valence-corrected chi connectivity index (χ3v) is 3.63. The second kappa shape index (κ2) is 8.06. The number of hydrogen-bond donors (Lipinski definition) is 1. The molecule has 122 valence electrons. The van der Waals surface area contributed by atoms with Gasteiger partial charge in [0.05, 0.1) is 0 Å². The minimum absolute atomic E-state index is 0.0293. The second-order valence-electron chi connectivity index (χ2n) is 5.45. The van der Waals surface area contributed by atoms with E-state index in [1.54, 1.807) is 0 Å². The van der Waals surface area contributed by atoms with Crippen LogP contribution >= 0.6 is 0 Å². The minimum Gasteiger partial charge on any atom is -0.421 e. The highest BCUT2D eigenvalue weighted by Gasteiger charge is 2.08. The van der Waals surface area contributed by atoms with Gasteiger partial charge in [-0.2, -0.15) is 0 Å². The molecule has 1 amide bonds. The van der Waals surface area contributed by atoms with Crippen LogP contribution in [-0.4, -0.2) is 22.6 Å². The van der Waals surface area contributed by atoms with Crippen molar-refractivity contribution >= 4 is 5.91 Å². The number of rotatable bonds is 7. The van der Waals surface area contributed by atoms with Crippen LogP contribution in [-0.2, 0) is 17.6 Å². The van der Waals surface area contributed by atoms with Crippen LogP contribution in [0.2, 0.25) is 0 Å². The van der Waals surface area contributed by atoms with Crippen molar-refractivity contribution in [3.05, 3.63) is 72.1 Å². The molecule has 0 saturated heterocycles. The van der Waals surface area contributed by atoms with Crippen LogP contribution in [0.1, 0.15) is 17.9 Å². The number of benzene rings is 2. The Balaban J connectivity index is 1.42. The predicted molar refractivity (Wildman–Crippen MR) is 91.2 cm³/mol. The average Bonchev–Trinajstić information content (AvgIpc) is 3.11. The summed E-state index contributed by atoms with van der Waals surface area (Å²) in [4.78, 5) is 11.9. The molecule has 0 spiro atoms. The van der Waals surface area contributed by atoms with Crippen molar-refractivity contribution in [2.45, 2.75) is 19.3 Å². The first-order valence-electron chi connectivity index (χ1n) is 8.00. The van der Waals surface area contributed by atoms with Gasteiger partial charge in [-0.25, -0.2) is 0 Å². The zero-order valence-electron chi connectivity index (χ0n) is 13.3. The number of nitrogens with one attached hydrogen (secondary N) is 1. The van der Waals surface area contributed by atoms with Crippen molar-refractivity contribution in [2.75, 3.05) is 6.54 Å².